The Morgan fingerprint density at radius 1 is 1.18 bits per heavy atom. The fourth-order valence-electron chi connectivity index (χ4n) is 4.45. The first-order valence-electron chi connectivity index (χ1n) is 13.9. The molecule has 6 atom stereocenters. The highest BCUT2D eigenvalue weighted by Gasteiger charge is 2.57. The largest absolute Gasteiger partial charge is 0.462 e. The fraction of sp³-hybridized carbons (Fsp3) is 0.519. The number of aliphatic hydroxyl groups is 2. The minimum Gasteiger partial charge on any atom is -0.462 e. The number of para-hydroxylation sites is 1. The number of nitrogens with two attached hydrogens (primary N) is 1. The molecule has 44 heavy (non-hydrogen) atoms. The van der Waals surface area contributed by atoms with Crippen molar-refractivity contribution in [3.63, 3.8) is 0 Å². The molecular weight excluding hydrogens is 604 g/mol. The van der Waals surface area contributed by atoms with Crippen molar-refractivity contribution in [3.05, 3.63) is 54.5 Å². The zero-order valence-corrected chi connectivity index (χ0v) is 25.2. The number of ether oxygens (including phenoxy) is 4. The summed E-state index contributed by atoms with van der Waals surface area (Å²) < 4.78 is 62.7. The van der Waals surface area contributed by atoms with Gasteiger partial charge < -0.3 is 39.4 Å². The molecule has 5 N–H and O–H groups in total. The predicted molar refractivity (Wildman–Crippen MR) is 153 cm³/mol. The SMILES string of the molecule is CCOCCOCCOC(=O)[C@H](C)NP(=O)(OC[C@@]1(CF)O[C@@H](c2ccc3c(N)ncnn23)[C@H](O)[C@@H]1O)Oc1ccccc1. The van der Waals surface area contributed by atoms with Gasteiger partial charge in [0.1, 0.15) is 60.8 Å². The lowest BCUT2D eigenvalue weighted by Crippen LogP contribution is -2.49. The number of alkyl halides is 1. The standard InChI is InChI=1S/C27H37FN5O10P/c1-3-38-11-12-39-13-14-40-26(36)18(2)32-44(37,43-19-7-5-4-6-8-19)41-16-27(15-28)24(35)22(34)23(42-27)20-9-10-21-25(29)30-17-31-33(20)21/h4-10,17-18,22-24,34-35H,3,11-16H2,1-2H3,(H,32,37)(H2,29,30,31)/t18-,22-,23-,24-,27+,44?/m0/s1. The van der Waals surface area contributed by atoms with Crippen molar-refractivity contribution in [2.45, 2.75) is 43.8 Å². The van der Waals surface area contributed by atoms with E-state index in [9.17, 15) is 24.0 Å². The summed E-state index contributed by atoms with van der Waals surface area (Å²) in [5, 5.41) is 28.4. The number of anilines is 1. The Morgan fingerprint density at radius 3 is 2.64 bits per heavy atom. The molecule has 1 aliphatic heterocycles. The van der Waals surface area contributed by atoms with Crippen molar-refractivity contribution in [2.24, 2.45) is 0 Å². The van der Waals surface area contributed by atoms with Crippen LogP contribution in [0.4, 0.5) is 10.2 Å². The minimum absolute atomic E-state index is 0.0725. The fourth-order valence-corrected chi connectivity index (χ4v) is 5.99. The van der Waals surface area contributed by atoms with Gasteiger partial charge in [-0.3, -0.25) is 9.32 Å². The smallest absolute Gasteiger partial charge is 0.459 e. The van der Waals surface area contributed by atoms with Crippen LogP contribution in [0.15, 0.2) is 48.8 Å². The van der Waals surface area contributed by atoms with E-state index in [1.165, 1.54) is 29.9 Å². The molecule has 1 aliphatic rings. The molecule has 17 heteroatoms. The van der Waals surface area contributed by atoms with E-state index in [1.54, 1.807) is 30.3 Å². The van der Waals surface area contributed by atoms with E-state index in [0.29, 0.717) is 25.3 Å². The van der Waals surface area contributed by atoms with Gasteiger partial charge in [-0.2, -0.15) is 10.2 Å². The molecule has 0 aliphatic carbocycles. The summed E-state index contributed by atoms with van der Waals surface area (Å²) in [5.41, 5.74) is 4.38. The maximum Gasteiger partial charge on any atom is 0.459 e. The average molecular weight is 642 g/mol. The average Bonchev–Trinajstić information content (AvgIpc) is 3.55. The van der Waals surface area contributed by atoms with Crippen molar-refractivity contribution < 1.29 is 52.0 Å². The Bertz CT molecular complexity index is 1420. The third-order valence-electron chi connectivity index (χ3n) is 6.76. The summed E-state index contributed by atoms with van der Waals surface area (Å²) in [7, 11) is -4.47. The van der Waals surface area contributed by atoms with Crippen LogP contribution in [-0.2, 0) is 32.8 Å². The first-order chi connectivity index (χ1) is 21.1. The topological polar surface area (TPSA) is 198 Å². The number of rotatable bonds is 17. The maximum atomic E-state index is 14.7. The Morgan fingerprint density at radius 2 is 1.91 bits per heavy atom. The maximum absolute atomic E-state index is 14.7. The number of hydrogen-bond acceptors (Lipinski definition) is 13. The molecule has 242 valence electrons. The predicted octanol–water partition coefficient (Wildman–Crippen LogP) is 1.59. The minimum atomic E-state index is -4.47. The molecule has 2 aromatic heterocycles. The number of nitrogens with zero attached hydrogens (tertiary/aromatic N) is 3. The number of esters is 1. The van der Waals surface area contributed by atoms with Gasteiger partial charge in [-0.25, -0.2) is 18.5 Å². The van der Waals surface area contributed by atoms with Crippen LogP contribution in [0.1, 0.15) is 25.6 Å². The first kappa shape index (κ1) is 33.7. The highest BCUT2D eigenvalue weighted by atomic mass is 31.2. The van der Waals surface area contributed by atoms with Crippen LogP contribution in [0.25, 0.3) is 5.52 Å². The van der Waals surface area contributed by atoms with Gasteiger partial charge in [0.05, 0.1) is 32.1 Å². The second-order valence-electron chi connectivity index (χ2n) is 9.88. The molecule has 0 saturated carbocycles. The summed E-state index contributed by atoms with van der Waals surface area (Å²) >= 11 is 0. The van der Waals surface area contributed by atoms with Crippen LogP contribution in [0, 0.1) is 0 Å². The number of carbonyl (C=O) groups excluding carboxylic acids is 1. The molecule has 1 aromatic carbocycles. The monoisotopic (exact) mass is 641 g/mol. The Kier molecular flexibility index (Phi) is 11.6. The molecule has 1 saturated heterocycles. The van der Waals surface area contributed by atoms with E-state index in [1.807, 2.05) is 6.92 Å². The molecule has 0 amide bonds. The van der Waals surface area contributed by atoms with Crippen LogP contribution in [-0.4, -0.2) is 101 Å². The van der Waals surface area contributed by atoms with Gasteiger partial charge >= 0.3 is 13.7 Å². The molecule has 4 rings (SSSR count). The Labute approximate surface area is 252 Å². The number of benzene rings is 1. The normalized spacial score (nSPS) is 23.8. The van der Waals surface area contributed by atoms with E-state index in [2.05, 4.69) is 15.2 Å². The van der Waals surface area contributed by atoms with E-state index >= 15 is 0 Å². The molecule has 1 fully saturated rings. The molecule has 1 unspecified atom stereocenters. The number of fused-ring (bicyclic) bond motifs is 1. The number of halogens is 1. The van der Waals surface area contributed by atoms with E-state index in [0.717, 1.165) is 0 Å². The second kappa shape index (κ2) is 15.2. The lowest BCUT2D eigenvalue weighted by atomic mass is 9.96. The summed E-state index contributed by atoms with van der Waals surface area (Å²) in [4.78, 5) is 16.5. The number of nitrogen functional groups attached to an aromatic ring is 1. The van der Waals surface area contributed by atoms with Crippen LogP contribution in [0.3, 0.4) is 0 Å². The Hall–Kier alpha value is -3.21. The van der Waals surface area contributed by atoms with Gasteiger partial charge in [-0.05, 0) is 38.1 Å². The van der Waals surface area contributed by atoms with Gasteiger partial charge in [0, 0.05) is 6.61 Å². The van der Waals surface area contributed by atoms with Gasteiger partial charge in [0.2, 0.25) is 0 Å². The zero-order valence-electron chi connectivity index (χ0n) is 24.3. The second-order valence-corrected chi connectivity index (χ2v) is 11.6. The summed E-state index contributed by atoms with van der Waals surface area (Å²) in [5.74, 6) is -0.511. The number of carbonyl (C=O) groups is 1. The number of aliphatic hydroxyl groups excluding tert-OH is 2. The van der Waals surface area contributed by atoms with Crippen molar-refractivity contribution >= 4 is 25.1 Å². The van der Waals surface area contributed by atoms with Gasteiger partial charge in [0.25, 0.3) is 0 Å². The van der Waals surface area contributed by atoms with Crippen molar-refractivity contribution in [1.29, 1.82) is 0 Å². The van der Waals surface area contributed by atoms with Gasteiger partial charge in [0.15, 0.2) is 5.82 Å². The van der Waals surface area contributed by atoms with Gasteiger partial charge in [-0.15, -0.1) is 0 Å². The molecule has 0 spiro atoms. The number of nitrogens with one attached hydrogen (secondary N) is 1. The van der Waals surface area contributed by atoms with Crippen molar-refractivity contribution in [3.8, 4) is 5.75 Å². The summed E-state index contributed by atoms with van der Waals surface area (Å²) in [6.45, 7) is 2.39. The number of aromatic nitrogens is 3. The first-order valence-corrected chi connectivity index (χ1v) is 15.4. The third kappa shape index (κ3) is 7.89. The lowest BCUT2D eigenvalue weighted by molar-refractivity contribution is -0.147. The molecule has 3 aromatic rings. The highest BCUT2D eigenvalue weighted by Crippen LogP contribution is 2.48. The number of hydrogen-bond donors (Lipinski definition) is 4. The van der Waals surface area contributed by atoms with E-state index in [4.69, 9.17) is 33.7 Å². The van der Waals surface area contributed by atoms with Crippen molar-refractivity contribution in [1.82, 2.24) is 19.7 Å². The lowest BCUT2D eigenvalue weighted by Gasteiger charge is -2.31. The molecule has 15 nitrogen and oxygen atoms in total. The Balaban J connectivity index is 1.46. The van der Waals surface area contributed by atoms with Crippen LogP contribution < -0.4 is 15.3 Å². The van der Waals surface area contributed by atoms with Crippen LogP contribution in [0.5, 0.6) is 5.75 Å². The van der Waals surface area contributed by atoms with E-state index < -0.39 is 57.0 Å². The molecule has 0 bridgehead atoms. The highest BCUT2D eigenvalue weighted by molar-refractivity contribution is 7.52. The molecule has 3 heterocycles. The molecular formula is C27H37FN5O10P. The van der Waals surface area contributed by atoms with Crippen molar-refractivity contribution in [2.75, 3.05) is 52.0 Å². The van der Waals surface area contributed by atoms with Gasteiger partial charge in [-0.1, -0.05) is 18.2 Å². The summed E-state index contributed by atoms with van der Waals surface area (Å²) in [6.07, 6.45) is -3.53. The van der Waals surface area contributed by atoms with E-state index in [-0.39, 0.29) is 30.5 Å². The van der Waals surface area contributed by atoms with Crippen LogP contribution in [0.2, 0.25) is 0 Å². The third-order valence-corrected chi connectivity index (χ3v) is 8.39. The quantitative estimate of drug-likeness (QED) is 0.0941. The van der Waals surface area contributed by atoms with Crippen LogP contribution >= 0.6 is 7.75 Å². The summed E-state index contributed by atoms with van der Waals surface area (Å²) in [6, 6.07) is 9.85. The zero-order chi connectivity index (χ0) is 31.7. The molecule has 0 radical (unpaired) electrons.